The summed E-state index contributed by atoms with van der Waals surface area (Å²) in [6.45, 7) is 4.93. The van der Waals surface area contributed by atoms with Gasteiger partial charge >= 0.3 is 6.18 Å². The molecule has 3 rings (SSSR count). The molecule has 0 spiro atoms. The molecule has 24 heavy (non-hydrogen) atoms. The van der Waals surface area contributed by atoms with E-state index in [2.05, 4.69) is 16.8 Å². The Labute approximate surface area is 139 Å². The lowest BCUT2D eigenvalue weighted by Gasteiger charge is -2.34. The van der Waals surface area contributed by atoms with E-state index < -0.39 is 11.7 Å². The van der Waals surface area contributed by atoms with Crippen molar-refractivity contribution in [3.63, 3.8) is 0 Å². The number of guanidine groups is 1. The van der Waals surface area contributed by atoms with Crippen molar-refractivity contribution >= 4 is 11.9 Å². The molecule has 1 aromatic carbocycles. The standard InChI is InChI=1S/C17H20F3N3O/c1-12-6-9-22(10-7-12)16-21-8-11-23(16)15(24)13-2-4-14(5-3-13)17(18,19)20/h2-5,12H,6-11H2,1H3. The fraction of sp³-hybridized carbons (Fsp3) is 0.529. The summed E-state index contributed by atoms with van der Waals surface area (Å²) in [5.74, 6) is 1.03. The smallest absolute Gasteiger partial charge is 0.342 e. The second-order valence-electron chi connectivity index (χ2n) is 6.38. The van der Waals surface area contributed by atoms with Crippen molar-refractivity contribution in [2.75, 3.05) is 26.2 Å². The summed E-state index contributed by atoms with van der Waals surface area (Å²) in [5.41, 5.74) is -0.498. The van der Waals surface area contributed by atoms with E-state index in [-0.39, 0.29) is 11.5 Å². The molecule has 0 N–H and O–H groups in total. The average Bonchev–Trinajstić information content (AvgIpc) is 3.04. The number of hydrogen-bond acceptors (Lipinski definition) is 3. The summed E-state index contributed by atoms with van der Waals surface area (Å²) in [4.78, 5) is 20.8. The van der Waals surface area contributed by atoms with E-state index in [4.69, 9.17) is 0 Å². The van der Waals surface area contributed by atoms with Crippen LogP contribution >= 0.6 is 0 Å². The molecule has 0 saturated carbocycles. The molecular weight excluding hydrogens is 319 g/mol. The SMILES string of the molecule is CC1CCN(C2=NCCN2C(=O)c2ccc(C(F)(F)F)cc2)CC1. The molecule has 0 bridgehead atoms. The Morgan fingerprint density at radius 2 is 1.75 bits per heavy atom. The van der Waals surface area contributed by atoms with Crippen LogP contribution in [0.5, 0.6) is 0 Å². The van der Waals surface area contributed by atoms with Crippen LogP contribution in [0.25, 0.3) is 0 Å². The Hall–Kier alpha value is -2.05. The molecule has 1 fully saturated rings. The van der Waals surface area contributed by atoms with Crippen molar-refractivity contribution in [3.05, 3.63) is 35.4 Å². The van der Waals surface area contributed by atoms with Crippen LogP contribution in [-0.4, -0.2) is 47.8 Å². The number of alkyl halides is 3. The number of carbonyl (C=O) groups is 1. The molecule has 2 aliphatic rings. The number of benzene rings is 1. The van der Waals surface area contributed by atoms with E-state index in [1.807, 2.05) is 0 Å². The number of hydrogen-bond donors (Lipinski definition) is 0. The van der Waals surface area contributed by atoms with E-state index >= 15 is 0 Å². The van der Waals surface area contributed by atoms with Crippen molar-refractivity contribution in [1.29, 1.82) is 0 Å². The first kappa shape index (κ1) is 16.8. The highest BCUT2D eigenvalue weighted by Crippen LogP contribution is 2.29. The number of carbonyl (C=O) groups excluding carboxylic acids is 1. The van der Waals surface area contributed by atoms with Crippen LogP contribution in [0, 0.1) is 5.92 Å². The van der Waals surface area contributed by atoms with Crippen molar-refractivity contribution in [2.24, 2.45) is 10.9 Å². The molecule has 2 aliphatic heterocycles. The maximum Gasteiger partial charge on any atom is 0.416 e. The van der Waals surface area contributed by atoms with Crippen molar-refractivity contribution in [2.45, 2.75) is 25.9 Å². The molecule has 7 heteroatoms. The summed E-state index contributed by atoms with van der Waals surface area (Å²) < 4.78 is 37.9. The fourth-order valence-corrected chi connectivity index (χ4v) is 3.06. The van der Waals surface area contributed by atoms with Crippen LogP contribution in [0.1, 0.15) is 35.7 Å². The summed E-state index contributed by atoms with van der Waals surface area (Å²) in [6, 6.07) is 4.37. The number of aliphatic imine (C=N–C) groups is 1. The van der Waals surface area contributed by atoms with Gasteiger partial charge in [-0.15, -0.1) is 0 Å². The lowest BCUT2D eigenvalue weighted by molar-refractivity contribution is -0.137. The predicted molar refractivity (Wildman–Crippen MR) is 84.8 cm³/mol. The second-order valence-corrected chi connectivity index (χ2v) is 6.38. The fourth-order valence-electron chi connectivity index (χ4n) is 3.06. The summed E-state index contributed by atoms with van der Waals surface area (Å²) >= 11 is 0. The van der Waals surface area contributed by atoms with Gasteiger partial charge in [-0.25, -0.2) is 0 Å². The largest absolute Gasteiger partial charge is 0.416 e. The Morgan fingerprint density at radius 3 is 2.33 bits per heavy atom. The van der Waals surface area contributed by atoms with Gasteiger partial charge in [0.2, 0.25) is 5.96 Å². The van der Waals surface area contributed by atoms with Crippen LogP contribution in [0.4, 0.5) is 13.2 Å². The Balaban J connectivity index is 1.73. The lowest BCUT2D eigenvalue weighted by atomic mass is 9.99. The van der Waals surface area contributed by atoms with Gasteiger partial charge < -0.3 is 4.90 Å². The molecule has 0 aliphatic carbocycles. The second kappa shape index (κ2) is 6.45. The van der Waals surface area contributed by atoms with Crippen LogP contribution in [0.3, 0.4) is 0 Å². The highest BCUT2D eigenvalue weighted by Gasteiger charge is 2.32. The molecule has 1 aromatic rings. The Kier molecular flexibility index (Phi) is 4.51. The first-order valence-corrected chi connectivity index (χ1v) is 8.15. The number of amides is 1. The third-order valence-electron chi connectivity index (χ3n) is 4.59. The highest BCUT2D eigenvalue weighted by molar-refractivity contribution is 6.06. The zero-order valence-electron chi connectivity index (χ0n) is 13.5. The number of rotatable bonds is 1. The van der Waals surface area contributed by atoms with Gasteiger partial charge in [0.05, 0.1) is 12.1 Å². The van der Waals surface area contributed by atoms with Crippen molar-refractivity contribution in [1.82, 2.24) is 9.80 Å². The molecule has 1 amide bonds. The Bertz CT molecular complexity index is 631. The zero-order chi connectivity index (χ0) is 17.3. The summed E-state index contributed by atoms with van der Waals surface area (Å²) in [5, 5.41) is 0. The molecule has 4 nitrogen and oxygen atoms in total. The maximum absolute atomic E-state index is 12.7. The summed E-state index contributed by atoms with van der Waals surface area (Å²) in [6.07, 6.45) is -2.28. The predicted octanol–water partition coefficient (Wildman–Crippen LogP) is 3.25. The van der Waals surface area contributed by atoms with Gasteiger partial charge in [0, 0.05) is 25.2 Å². The van der Waals surface area contributed by atoms with Crippen LogP contribution in [0.15, 0.2) is 29.3 Å². The van der Waals surface area contributed by atoms with Gasteiger partial charge in [-0.2, -0.15) is 13.2 Å². The highest BCUT2D eigenvalue weighted by atomic mass is 19.4. The molecular formula is C17H20F3N3O. The van der Waals surface area contributed by atoms with E-state index in [0.29, 0.717) is 25.0 Å². The number of piperidine rings is 1. The first-order valence-electron chi connectivity index (χ1n) is 8.15. The normalized spacial score (nSPS) is 19.6. The van der Waals surface area contributed by atoms with Crippen LogP contribution in [-0.2, 0) is 6.18 Å². The van der Waals surface area contributed by atoms with Gasteiger partial charge in [0.25, 0.3) is 5.91 Å². The average molecular weight is 339 g/mol. The molecule has 0 aromatic heterocycles. The first-order chi connectivity index (χ1) is 11.4. The number of halogens is 3. The van der Waals surface area contributed by atoms with Gasteiger partial charge in [-0.05, 0) is 43.0 Å². The molecule has 130 valence electrons. The van der Waals surface area contributed by atoms with Crippen molar-refractivity contribution in [3.8, 4) is 0 Å². The monoisotopic (exact) mass is 339 g/mol. The van der Waals surface area contributed by atoms with Crippen molar-refractivity contribution < 1.29 is 18.0 Å². The molecule has 0 atom stereocenters. The van der Waals surface area contributed by atoms with E-state index in [1.165, 1.54) is 12.1 Å². The number of likely N-dealkylation sites (tertiary alicyclic amines) is 1. The maximum atomic E-state index is 12.7. The van der Waals surface area contributed by atoms with E-state index in [0.717, 1.165) is 38.1 Å². The van der Waals surface area contributed by atoms with Gasteiger partial charge in [-0.1, -0.05) is 6.92 Å². The molecule has 0 unspecified atom stereocenters. The third kappa shape index (κ3) is 3.39. The van der Waals surface area contributed by atoms with Crippen LogP contribution < -0.4 is 0 Å². The lowest BCUT2D eigenvalue weighted by Crippen LogP contribution is -2.47. The van der Waals surface area contributed by atoms with E-state index in [1.54, 1.807) is 4.90 Å². The minimum absolute atomic E-state index is 0.253. The quantitative estimate of drug-likeness (QED) is 0.787. The third-order valence-corrected chi connectivity index (χ3v) is 4.59. The molecule has 1 saturated heterocycles. The van der Waals surface area contributed by atoms with Gasteiger partial charge in [0.15, 0.2) is 0 Å². The topological polar surface area (TPSA) is 35.9 Å². The van der Waals surface area contributed by atoms with Gasteiger partial charge in [0.1, 0.15) is 0 Å². The Morgan fingerprint density at radius 1 is 1.12 bits per heavy atom. The minimum atomic E-state index is -4.40. The zero-order valence-corrected chi connectivity index (χ0v) is 13.5. The molecule has 2 heterocycles. The van der Waals surface area contributed by atoms with E-state index in [9.17, 15) is 18.0 Å². The van der Waals surface area contributed by atoms with Crippen LogP contribution in [0.2, 0.25) is 0 Å². The minimum Gasteiger partial charge on any atom is -0.342 e. The van der Waals surface area contributed by atoms with Gasteiger partial charge in [-0.3, -0.25) is 14.7 Å². The summed E-state index contributed by atoms with van der Waals surface area (Å²) in [7, 11) is 0. The number of nitrogens with zero attached hydrogens (tertiary/aromatic N) is 3. The molecule has 0 radical (unpaired) electrons.